The number of rotatable bonds is 19. The van der Waals surface area contributed by atoms with E-state index in [1.165, 1.54) is 24.1 Å². The van der Waals surface area contributed by atoms with Gasteiger partial charge in [-0.25, -0.2) is 4.39 Å². The first-order valence-corrected chi connectivity index (χ1v) is 19.3. The Bertz CT molecular complexity index is 1890. The number of halogens is 1. The number of carbonyl (C=O) groups is 7. The summed E-state index contributed by atoms with van der Waals surface area (Å²) in [5, 5.41) is 10.2. The Morgan fingerprint density at radius 1 is 0.912 bits per heavy atom. The van der Waals surface area contributed by atoms with Crippen molar-refractivity contribution in [1.82, 2.24) is 20.4 Å². The van der Waals surface area contributed by atoms with Crippen molar-refractivity contribution in [3.05, 3.63) is 41.7 Å². The van der Waals surface area contributed by atoms with E-state index in [1.807, 2.05) is 0 Å². The van der Waals surface area contributed by atoms with Crippen molar-refractivity contribution in [3.8, 4) is 11.5 Å². The normalized spacial score (nSPS) is 16.5. The number of ether oxygens (including phenoxy) is 2. The first kappa shape index (κ1) is 42.3. The highest BCUT2D eigenvalue weighted by atomic mass is 19.1. The van der Waals surface area contributed by atoms with Gasteiger partial charge in [0.25, 0.3) is 5.91 Å². The molecular weight excluding hydrogens is 741 g/mol. The molecule has 3 heterocycles. The number of amides is 7. The number of carbonyl (C=O) groups excluding carboxylic acids is 7. The van der Waals surface area contributed by atoms with Crippen molar-refractivity contribution in [2.24, 2.45) is 10.9 Å². The van der Waals surface area contributed by atoms with Gasteiger partial charge in [-0.15, -0.1) is 0 Å². The van der Waals surface area contributed by atoms with Crippen LogP contribution in [0.15, 0.2) is 35.3 Å². The molecule has 0 aliphatic carbocycles. The zero-order chi connectivity index (χ0) is 41.1. The van der Waals surface area contributed by atoms with E-state index in [9.17, 15) is 38.0 Å². The number of aliphatic imine (C=N–C) groups is 1. The second kappa shape index (κ2) is 19.8. The average Bonchev–Trinajstić information content (AvgIpc) is 3.76. The third kappa shape index (κ3) is 11.4. The zero-order valence-electron chi connectivity index (χ0n) is 32.5. The smallest absolute Gasteiger partial charge is 0.256 e. The zero-order valence-corrected chi connectivity index (χ0v) is 32.5. The van der Waals surface area contributed by atoms with Gasteiger partial charge in [-0.2, -0.15) is 0 Å². The van der Waals surface area contributed by atoms with Crippen molar-refractivity contribution >= 4 is 64.6 Å². The van der Waals surface area contributed by atoms with E-state index in [0.29, 0.717) is 61.5 Å². The third-order valence-corrected chi connectivity index (χ3v) is 9.92. The quantitative estimate of drug-likeness (QED) is 0.120. The van der Waals surface area contributed by atoms with E-state index in [0.717, 1.165) is 18.9 Å². The number of nitrogens with zero attached hydrogens (tertiary/aromatic N) is 3. The lowest BCUT2D eigenvalue weighted by Gasteiger charge is -2.21. The lowest BCUT2D eigenvalue weighted by atomic mass is 10.0. The summed E-state index contributed by atoms with van der Waals surface area (Å²) in [7, 11) is 1.48. The minimum absolute atomic E-state index is 0.0325. The van der Waals surface area contributed by atoms with Gasteiger partial charge >= 0.3 is 0 Å². The fourth-order valence-electron chi connectivity index (χ4n) is 6.81. The number of fused-ring (bicyclic) bond motifs is 2. The van der Waals surface area contributed by atoms with Crippen LogP contribution in [0.5, 0.6) is 11.5 Å². The summed E-state index contributed by atoms with van der Waals surface area (Å²) in [4.78, 5) is 95.0. The van der Waals surface area contributed by atoms with E-state index in [1.54, 1.807) is 37.1 Å². The van der Waals surface area contributed by atoms with Gasteiger partial charge in [0, 0.05) is 56.7 Å². The standard InChI is InChI=1S/C40H50FN7O9/c1-24(2)38(46-34(50)10-5-4-6-16-48-36(52)14-15-37(48)53)39(54)43-23-35(51)45-30-19-25(12-13-28(30)41)44-33(49)11-8-18-57-32-21-29-27(20-31(32)56-3)40(55)47-17-7-9-26(47)22-42-29/h12-13,19-22,24,26,38H,4-11,14-18,23H2,1-3H3,(H,43,54)(H,44,49)(H,45,51)(H,46,50)/t26-,38-/m0/s1. The Labute approximate surface area is 330 Å². The van der Waals surface area contributed by atoms with Crippen LogP contribution in [0.25, 0.3) is 0 Å². The van der Waals surface area contributed by atoms with Crippen LogP contribution in [0.2, 0.25) is 0 Å². The number of benzene rings is 2. The number of hydrogen-bond acceptors (Lipinski definition) is 10. The van der Waals surface area contributed by atoms with Gasteiger partial charge in [-0.05, 0) is 62.3 Å². The first-order valence-electron chi connectivity index (χ1n) is 19.3. The molecule has 2 saturated heterocycles. The van der Waals surface area contributed by atoms with Crippen molar-refractivity contribution < 1.29 is 47.4 Å². The highest BCUT2D eigenvalue weighted by Crippen LogP contribution is 2.38. The number of likely N-dealkylation sites (tertiary alicyclic amines) is 1. The summed E-state index contributed by atoms with van der Waals surface area (Å²) in [6, 6.07) is 6.02. The summed E-state index contributed by atoms with van der Waals surface area (Å²) < 4.78 is 26.0. The second-order valence-electron chi connectivity index (χ2n) is 14.5. The van der Waals surface area contributed by atoms with E-state index in [2.05, 4.69) is 26.3 Å². The maximum absolute atomic E-state index is 14.6. The van der Waals surface area contributed by atoms with Crippen LogP contribution >= 0.6 is 0 Å². The highest BCUT2D eigenvalue weighted by Gasteiger charge is 2.33. The maximum atomic E-state index is 14.6. The van der Waals surface area contributed by atoms with Gasteiger partial charge < -0.3 is 35.6 Å². The molecule has 57 heavy (non-hydrogen) atoms. The van der Waals surface area contributed by atoms with Crippen molar-refractivity contribution in [2.45, 2.75) is 90.1 Å². The fourth-order valence-corrected chi connectivity index (χ4v) is 6.81. The van der Waals surface area contributed by atoms with Gasteiger partial charge in [-0.3, -0.25) is 43.5 Å². The Morgan fingerprint density at radius 2 is 1.67 bits per heavy atom. The lowest BCUT2D eigenvalue weighted by molar-refractivity contribution is -0.138. The van der Waals surface area contributed by atoms with E-state index in [4.69, 9.17) is 9.47 Å². The van der Waals surface area contributed by atoms with E-state index >= 15 is 0 Å². The highest BCUT2D eigenvalue weighted by molar-refractivity contribution is 6.04. The minimum Gasteiger partial charge on any atom is -0.493 e. The van der Waals surface area contributed by atoms with Gasteiger partial charge in [0.15, 0.2) is 11.5 Å². The molecule has 0 saturated carbocycles. The summed E-state index contributed by atoms with van der Waals surface area (Å²) >= 11 is 0. The number of methoxy groups -OCH3 is 1. The molecule has 306 valence electrons. The van der Waals surface area contributed by atoms with Gasteiger partial charge in [0.1, 0.15) is 11.9 Å². The average molecular weight is 792 g/mol. The number of anilines is 2. The topological polar surface area (TPSA) is 205 Å². The largest absolute Gasteiger partial charge is 0.493 e. The molecular formula is C40H50FN7O9. The molecule has 0 aromatic heterocycles. The molecule has 7 amide bonds. The lowest BCUT2D eigenvalue weighted by Crippen LogP contribution is -2.51. The molecule has 0 radical (unpaired) electrons. The maximum Gasteiger partial charge on any atom is 0.256 e. The molecule has 2 aromatic carbocycles. The Hall–Kier alpha value is -5.87. The van der Waals surface area contributed by atoms with Crippen molar-refractivity contribution in [1.29, 1.82) is 0 Å². The van der Waals surface area contributed by atoms with Crippen molar-refractivity contribution in [2.75, 3.05) is 44.0 Å². The summed E-state index contributed by atoms with van der Waals surface area (Å²) in [6.07, 6.45) is 6.27. The monoisotopic (exact) mass is 791 g/mol. The van der Waals surface area contributed by atoms with Crippen LogP contribution in [0, 0.1) is 11.7 Å². The molecule has 2 atom stereocenters. The molecule has 2 fully saturated rings. The predicted molar refractivity (Wildman–Crippen MR) is 208 cm³/mol. The predicted octanol–water partition coefficient (Wildman–Crippen LogP) is 3.86. The van der Waals surface area contributed by atoms with E-state index in [-0.39, 0.29) is 85.2 Å². The number of hydrogen-bond donors (Lipinski definition) is 4. The van der Waals surface area contributed by atoms with Gasteiger partial charge in [-0.1, -0.05) is 20.3 Å². The molecule has 3 aliphatic heterocycles. The molecule has 0 unspecified atom stereocenters. The van der Waals surface area contributed by atoms with Gasteiger partial charge in [0.2, 0.25) is 35.4 Å². The second-order valence-corrected chi connectivity index (χ2v) is 14.5. The van der Waals surface area contributed by atoms with Crippen LogP contribution in [-0.4, -0.2) is 103 Å². The molecule has 0 bridgehead atoms. The molecule has 5 rings (SSSR count). The summed E-state index contributed by atoms with van der Waals surface area (Å²) in [6.45, 7) is 4.14. The van der Waals surface area contributed by atoms with Crippen LogP contribution in [0.1, 0.15) is 88.4 Å². The Balaban J connectivity index is 1.02. The Kier molecular flexibility index (Phi) is 14.7. The molecule has 4 N–H and O–H groups in total. The van der Waals surface area contributed by atoms with Crippen LogP contribution in [0.3, 0.4) is 0 Å². The Morgan fingerprint density at radius 3 is 2.40 bits per heavy atom. The minimum atomic E-state index is -0.923. The first-order chi connectivity index (χ1) is 27.3. The number of imide groups is 1. The molecule has 16 nitrogen and oxygen atoms in total. The SMILES string of the molecule is COc1cc2c(cc1OCCCC(=O)Nc1ccc(F)c(NC(=O)CNC(=O)[C@@H](NC(=O)CCCCCN3C(=O)CCC3=O)C(C)C)c1)N=C[C@@H]1CCCN1C2=O. The van der Waals surface area contributed by atoms with Crippen LogP contribution < -0.4 is 30.7 Å². The van der Waals surface area contributed by atoms with Crippen LogP contribution in [-0.2, 0) is 28.8 Å². The van der Waals surface area contributed by atoms with Crippen LogP contribution in [0.4, 0.5) is 21.5 Å². The van der Waals surface area contributed by atoms with E-state index < -0.39 is 30.2 Å². The number of unbranched alkanes of at least 4 members (excludes halogenated alkanes) is 2. The van der Waals surface area contributed by atoms with Crippen molar-refractivity contribution in [3.63, 3.8) is 0 Å². The molecule has 17 heteroatoms. The number of nitrogens with one attached hydrogen (secondary N) is 4. The molecule has 3 aliphatic rings. The third-order valence-electron chi connectivity index (χ3n) is 9.92. The molecule has 2 aromatic rings. The fraction of sp³-hybridized carbons (Fsp3) is 0.500. The summed E-state index contributed by atoms with van der Waals surface area (Å²) in [5.74, 6) is -2.79. The molecule has 0 spiro atoms. The summed E-state index contributed by atoms with van der Waals surface area (Å²) in [5.41, 5.74) is 0.952. The van der Waals surface area contributed by atoms with Gasteiger partial charge in [0.05, 0.1) is 43.2 Å².